The summed E-state index contributed by atoms with van der Waals surface area (Å²) >= 11 is 11.6. The summed E-state index contributed by atoms with van der Waals surface area (Å²) in [6, 6.07) is 9.27. The third-order valence-corrected chi connectivity index (χ3v) is 3.24. The van der Waals surface area contributed by atoms with Crippen LogP contribution in [0, 0.1) is 11.2 Å². The Morgan fingerprint density at radius 2 is 1.90 bits per heavy atom. The predicted molar refractivity (Wildman–Crippen MR) is 78.2 cm³/mol. The number of ether oxygens (including phenoxy) is 1. The van der Waals surface area contributed by atoms with Crippen LogP contribution in [-0.4, -0.2) is 5.84 Å². The molecular formula is C14H11Cl2FN2O. The molecule has 0 aromatic heterocycles. The Kier molecular flexibility index (Phi) is 4.47. The Morgan fingerprint density at radius 3 is 2.50 bits per heavy atom. The second-order valence-corrected chi connectivity index (χ2v) is 4.91. The summed E-state index contributed by atoms with van der Waals surface area (Å²) in [7, 11) is 0. The molecule has 6 heteroatoms. The molecule has 0 aliphatic carbocycles. The molecule has 2 aromatic carbocycles. The van der Waals surface area contributed by atoms with Crippen LogP contribution in [0.25, 0.3) is 0 Å². The first kappa shape index (κ1) is 14.6. The van der Waals surface area contributed by atoms with Gasteiger partial charge in [0.2, 0.25) is 0 Å². The zero-order chi connectivity index (χ0) is 14.7. The highest BCUT2D eigenvalue weighted by atomic mass is 35.5. The van der Waals surface area contributed by atoms with Gasteiger partial charge in [0.25, 0.3) is 0 Å². The number of rotatable bonds is 4. The molecule has 104 valence electrons. The number of amidine groups is 1. The van der Waals surface area contributed by atoms with Crippen molar-refractivity contribution >= 4 is 29.0 Å². The molecule has 0 aliphatic rings. The van der Waals surface area contributed by atoms with E-state index in [4.69, 9.17) is 39.1 Å². The van der Waals surface area contributed by atoms with Crippen molar-refractivity contribution in [3.63, 3.8) is 0 Å². The summed E-state index contributed by atoms with van der Waals surface area (Å²) in [5.74, 6) is -0.0885. The fourth-order valence-corrected chi connectivity index (χ4v) is 1.99. The van der Waals surface area contributed by atoms with E-state index >= 15 is 0 Å². The SMILES string of the molecule is N=C(N)c1ccc(OCc2ccc(Cl)c(F)c2)cc1Cl. The van der Waals surface area contributed by atoms with Crippen LogP contribution in [0.3, 0.4) is 0 Å². The predicted octanol–water partition coefficient (Wildman–Crippen LogP) is 4.00. The number of nitrogen functional groups attached to an aromatic ring is 1. The summed E-state index contributed by atoms with van der Waals surface area (Å²) in [5.41, 5.74) is 6.46. The largest absolute Gasteiger partial charge is 0.489 e. The smallest absolute Gasteiger partial charge is 0.142 e. The zero-order valence-corrected chi connectivity index (χ0v) is 11.8. The number of hydrogen-bond acceptors (Lipinski definition) is 2. The summed E-state index contributed by atoms with van der Waals surface area (Å²) < 4.78 is 18.8. The Hall–Kier alpha value is -1.78. The molecule has 0 saturated heterocycles. The van der Waals surface area contributed by atoms with Gasteiger partial charge in [0.05, 0.1) is 10.0 Å². The van der Waals surface area contributed by atoms with Crippen molar-refractivity contribution in [2.75, 3.05) is 0 Å². The average molecular weight is 313 g/mol. The van der Waals surface area contributed by atoms with Crippen molar-refractivity contribution < 1.29 is 9.13 Å². The van der Waals surface area contributed by atoms with Crippen molar-refractivity contribution in [3.05, 3.63) is 63.4 Å². The number of benzene rings is 2. The van der Waals surface area contributed by atoms with Crippen LogP contribution in [-0.2, 0) is 6.61 Å². The third-order valence-electron chi connectivity index (χ3n) is 2.62. The van der Waals surface area contributed by atoms with Gasteiger partial charge in [0, 0.05) is 5.56 Å². The minimum Gasteiger partial charge on any atom is -0.489 e. The molecule has 3 nitrogen and oxygen atoms in total. The fraction of sp³-hybridized carbons (Fsp3) is 0.0714. The first-order valence-corrected chi connectivity index (χ1v) is 6.43. The average Bonchev–Trinajstić information content (AvgIpc) is 2.40. The van der Waals surface area contributed by atoms with Crippen LogP contribution in [0.1, 0.15) is 11.1 Å². The van der Waals surface area contributed by atoms with Crippen molar-refractivity contribution in [1.82, 2.24) is 0 Å². The van der Waals surface area contributed by atoms with Gasteiger partial charge < -0.3 is 10.5 Å². The molecule has 0 amide bonds. The van der Waals surface area contributed by atoms with Crippen molar-refractivity contribution in [2.45, 2.75) is 6.61 Å². The number of hydrogen-bond donors (Lipinski definition) is 2. The lowest BCUT2D eigenvalue weighted by molar-refractivity contribution is 0.305. The molecule has 0 saturated carbocycles. The Morgan fingerprint density at radius 1 is 1.15 bits per heavy atom. The molecule has 0 aliphatic heterocycles. The monoisotopic (exact) mass is 312 g/mol. The van der Waals surface area contributed by atoms with E-state index in [-0.39, 0.29) is 17.5 Å². The molecule has 0 atom stereocenters. The first-order valence-electron chi connectivity index (χ1n) is 5.68. The lowest BCUT2D eigenvalue weighted by atomic mass is 10.2. The molecule has 2 rings (SSSR count). The van der Waals surface area contributed by atoms with E-state index in [1.54, 1.807) is 24.3 Å². The second kappa shape index (κ2) is 6.11. The Labute approximate surface area is 125 Å². The highest BCUT2D eigenvalue weighted by Crippen LogP contribution is 2.23. The quantitative estimate of drug-likeness (QED) is 0.662. The van der Waals surface area contributed by atoms with Crippen LogP contribution in [0.5, 0.6) is 5.75 Å². The lowest BCUT2D eigenvalue weighted by Crippen LogP contribution is -2.11. The minimum atomic E-state index is -0.488. The lowest BCUT2D eigenvalue weighted by Gasteiger charge is -2.09. The van der Waals surface area contributed by atoms with Crippen LogP contribution in [0.15, 0.2) is 36.4 Å². The van der Waals surface area contributed by atoms with Gasteiger partial charge in [-0.2, -0.15) is 0 Å². The maximum absolute atomic E-state index is 13.3. The normalized spacial score (nSPS) is 10.3. The van der Waals surface area contributed by atoms with E-state index in [1.165, 1.54) is 12.1 Å². The van der Waals surface area contributed by atoms with Crippen LogP contribution >= 0.6 is 23.2 Å². The molecule has 0 radical (unpaired) electrons. The van der Waals surface area contributed by atoms with Gasteiger partial charge >= 0.3 is 0 Å². The Balaban J connectivity index is 2.09. The molecule has 3 N–H and O–H groups in total. The van der Waals surface area contributed by atoms with E-state index in [1.807, 2.05) is 0 Å². The summed E-state index contributed by atoms with van der Waals surface area (Å²) in [5, 5.41) is 7.73. The van der Waals surface area contributed by atoms with Crippen molar-refractivity contribution in [2.24, 2.45) is 5.73 Å². The molecule has 0 unspecified atom stereocenters. The molecule has 2 aromatic rings. The van der Waals surface area contributed by atoms with E-state index in [9.17, 15) is 4.39 Å². The van der Waals surface area contributed by atoms with Gasteiger partial charge in [-0.15, -0.1) is 0 Å². The van der Waals surface area contributed by atoms with Gasteiger partial charge in [-0.05, 0) is 35.9 Å². The van der Waals surface area contributed by atoms with E-state index in [0.29, 0.717) is 21.9 Å². The van der Waals surface area contributed by atoms with Crippen molar-refractivity contribution in [3.8, 4) is 5.75 Å². The van der Waals surface area contributed by atoms with Gasteiger partial charge in [-0.1, -0.05) is 29.3 Å². The molecular weight excluding hydrogens is 302 g/mol. The fourth-order valence-electron chi connectivity index (χ4n) is 1.60. The standard InChI is InChI=1S/C14H11Cl2FN2O/c15-11-4-1-8(5-13(11)17)7-20-9-2-3-10(14(18)19)12(16)6-9/h1-6H,7H2,(H3,18,19). The summed E-state index contributed by atoms with van der Waals surface area (Å²) in [4.78, 5) is 0. The van der Waals surface area contributed by atoms with Gasteiger partial charge in [-0.3, -0.25) is 5.41 Å². The second-order valence-electron chi connectivity index (χ2n) is 4.09. The molecule has 0 spiro atoms. The Bertz CT molecular complexity index is 662. The maximum atomic E-state index is 13.3. The van der Waals surface area contributed by atoms with Crippen LogP contribution < -0.4 is 10.5 Å². The topological polar surface area (TPSA) is 59.1 Å². The number of nitrogens with one attached hydrogen (secondary N) is 1. The maximum Gasteiger partial charge on any atom is 0.142 e. The van der Waals surface area contributed by atoms with E-state index in [2.05, 4.69) is 0 Å². The van der Waals surface area contributed by atoms with E-state index in [0.717, 1.165) is 0 Å². The highest BCUT2D eigenvalue weighted by molar-refractivity contribution is 6.34. The molecule has 20 heavy (non-hydrogen) atoms. The molecule has 0 fully saturated rings. The molecule has 0 heterocycles. The summed E-state index contributed by atoms with van der Waals surface area (Å²) in [6.45, 7) is 0.184. The minimum absolute atomic E-state index is 0.0719. The van der Waals surface area contributed by atoms with E-state index < -0.39 is 5.82 Å². The summed E-state index contributed by atoms with van der Waals surface area (Å²) in [6.07, 6.45) is 0. The third kappa shape index (κ3) is 3.40. The molecule has 0 bridgehead atoms. The zero-order valence-electron chi connectivity index (χ0n) is 10.3. The van der Waals surface area contributed by atoms with Crippen LogP contribution in [0.4, 0.5) is 4.39 Å². The van der Waals surface area contributed by atoms with Gasteiger partial charge in [0.1, 0.15) is 24.0 Å². The van der Waals surface area contributed by atoms with Gasteiger partial charge in [0.15, 0.2) is 0 Å². The van der Waals surface area contributed by atoms with Gasteiger partial charge in [-0.25, -0.2) is 4.39 Å². The number of nitrogens with two attached hydrogens (primary N) is 1. The van der Waals surface area contributed by atoms with Crippen LogP contribution in [0.2, 0.25) is 10.0 Å². The first-order chi connectivity index (χ1) is 9.47. The van der Waals surface area contributed by atoms with Crippen molar-refractivity contribution in [1.29, 1.82) is 5.41 Å². The number of halogens is 3. The highest BCUT2D eigenvalue weighted by Gasteiger charge is 2.06.